The fraction of sp³-hybridized carbons (Fsp3) is 0. The van der Waals surface area contributed by atoms with Crippen molar-refractivity contribution in [1.82, 2.24) is 0 Å². The zero-order valence-electron chi connectivity index (χ0n) is 9.08. The van der Waals surface area contributed by atoms with Gasteiger partial charge in [0.25, 0.3) is 5.91 Å². The smallest absolute Gasteiger partial charge is 0.255 e. The molecule has 0 spiro atoms. The molecule has 0 aliphatic rings. The summed E-state index contributed by atoms with van der Waals surface area (Å²) in [4.78, 5) is 11.9. The summed E-state index contributed by atoms with van der Waals surface area (Å²) in [5, 5.41) is 2.47. The molecule has 2 nitrogen and oxygen atoms in total. The van der Waals surface area contributed by atoms with Crippen LogP contribution in [0.4, 0.5) is 10.1 Å². The van der Waals surface area contributed by atoms with E-state index in [9.17, 15) is 9.18 Å². The number of benzene rings is 2. The van der Waals surface area contributed by atoms with E-state index < -0.39 is 5.82 Å². The van der Waals surface area contributed by atoms with E-state index in [1.54, 1.807) is 24.3 Å². The van der Waals surface area contributed by atoms with E-state index in [-0.39, 0.29) is 16.6 Å². The van der Waals surface area contributed by atoms with Crippen molar-refractivity contribution in [3.8, 4) is 0 Å². The van der Waals surface area contributed by atoms with Crippen molar-refractivity contribution < 1.29 is 9.18 Å². The van der Waals surface area contributed by atoms with Gasteiger partial charge in [-0.2, -0.15) is 0 Å². The lowest BCUT2D eigenvalue weighted by Gasteiger charge is -2.07. The molecule has 0 saturated heterocycles. The number of halogens is 3. The maximum absolute atomic E-state index is 13.6. The van der Waals surface area contributed by atoms with Gasteiger partial charge >= 0.3 is 0 Å². The molecule has 0 aliphatic carbocycles. The third-order valence-electron chi connectivity index (χ3n) is 2.29. The molecule has 5 heteroatoms. The summed E-state index contributed by atoms with van der Waals surface area (Å²) in [7, 11) is 0. The van der Waals surface area contributed by atoms with Crippen molar-refractivity contribution in [3.63, 3.8) is 0 Å². The van der Waals surface area contributed by atoms with Crippen molar-refractivity contribution in [1.29, 1.82) is 0 Å². The van der Waals surface area contributed by atoms with Crippen molar-refractivity contribution in [2.45, 2.75) is 0 Å². The Kier molecular flexibility index (Phi) is 4.19. The number of hydrogen-bond donors (Lipinski definition) is 1. The molecule has 0 bridgehead atoms. The monoisotopic (exact) mass is 375 g/mol. The summed E-state index contributed by atoms with van der Waals surface area (Å²) in [6.07, 6.45) is 0. The van der Waals surface area contributed by atoms with Crippen LogP contribution < -0.4 is 5.32 Å². The van der Waals surface area contributed by atoms with Gasteiger partial charge in [0.2, 0.25) is 0 Å². The summed E-state index contributed by atoms with van der Waals surface area (Å²) in [5.41, 5.74) is 0.549. The third kappa shape index (κ3) is 3.00. The Hall–Kier alpha value is -1.14. The molecule has 0 heterocycles. The average molecular weight is 376 g/mol. The highest BCUT2D eigenvalue weighted by Gasteiger charge is 2.11. The number of carbonyl (C=O) groups is 1. The van der Waals surface area contributed by atoms with Gasteiger partial charge < -0.3 is 5.32 Å². The van der Waals surface area contributed by atoms with Gasteiger partial charge in [-0.05, 0) is 52.9 Å². The summed E-state index contributed by atoms with van der Waals surface area (Å²) in [5.74, 6) is -0.993. The Balaban J connectivity index is 2.24. The van der Waals surface area contributed by atoms with Gasteiger partial charge in [-0.15, -0.1) is 0 Å². The normalized spacial score (nSPS) is 10.2. The molecule has 0 radical (unpaired) electrons. The minimum absolute atomic E-state index is 0.0181. The lowest BCUT2D eigenvalue weighted by atomic mass is 10.2. The van der Waals surface area contributed by atoms with E-state index in [0.29, 0.717) is 5.56 Å². The first-order valence-electron chi connectivity index (χ1n) is 5.09. The van der Waals surface area contributed by atoms with Gasteiger partial charge in [-0.3, -0.25) is 4.79 Å². The molecule has 0 saturated carbocycles. The molecule has 18 heavy (non-hydrogen) atoms. The van der Waals surface area contributed by atoms with E-state index >= 15 is 0 Å². The Bertz CT molecular complexity index is 603. The molecule has 0 atom stereocenters. The molecule has 1 amide bonds. The molecule has 92 valence electrons. The maximum atomic E-state index is 13.6. The van der Waals surface area contributed by atoms with Gasteiger partial charge in [0.1, 0.15) is 0 Å². The maximum Gasteiger partial charge on any atom is 0.255 e. The van der Waals surface area contributed by atoms with Gasteiger partial charge in [0.05, 0.1) is 10.7 Å². The predicted molar refractivity (Wildman–Crippen MR) is 78.5 cm³/mol. The van der Waals surface area contributed by atoms with Crippen LogP contribution in [0.2, 0.25) is 5.02 Å². The highest BCUT2D eigenvalue weighted by molar-refractivity contribution is 14.1. The van der Waals surface area contributed by atoms with Crippen LogP contribution in [-0.2, 0) is 0 Å². The molecule has 2 rings (SSSR count). The SMILES string of the molecule is O=C(Nc1cccc(Cl)c1F)c1cccc(I)c1. The van der Waals surface area contributed by atoms with Gasteiger partial charge in [-0.25, -0.2) is 4.39 Å². The first kappa shape index (κ1) is 13.3. The zero-order valence-corrected chi connectivity index (χ0v) is 12.0. The summed E-state index contributed by atoms with van der Waals surface area (Å²) >= 11 is 7.75. The van der Waals surface area contributed by atoms with Crippen LogP contribution in [-0.4, -0.2) is 5.91 Å². The lowest BCUT2D eigenvalue weighted by Crippen LogP contribution is -2.13. The topological polar surface area (TPSA) is 29.1 Å². The van der Waals surface area contributed by atoms with E-state index in [1.807, 2.05) is 6.07 Å². The standard InChI is InChI=1S/C13H8ClFINO/c14-10-5-2-6-11(12(10)15)17-13(18)8-3-1-4-9(16)7-8/h1-7H,(H,17,18). The number of carbonyl (C=O) groups excluding carboxylic acids is 1. The molecule has 0 unspecified atom stereocenters. The number of nitrogens with one attached hydrogen (secondary N) is 1. The number of rotatable bonds is 2. The summed E-state index contributed by atoms with van der Waals surface area (Å²) in [6.45, 7) is 0. The summed E-state index contributed by atoms with van der Waals surface area (Å²) in [6, 6.07) is 11.5. The van der Waals surface area contributed by atoms with Crippen LogP contribution in [0, 0.1) is 9.39 Å². The first-order valence-corrected chi connectivity index (χ1v) is 6.54. The van der Waals surface area contributed by atoms with Gasteiger partial charge in [0.15, 0.2) is 5.82 Å². The van der Waals surface area contributed by atoms with Gasteiger partial charge in [-0.1, -0.05) is 23.7 Å². The minimum atomic E-state index is -0.627. The Morgan fingerprint density at radius 2 is 1.94 bits per heavy atom. The third-order valence-corrected chi connectivity index (χ3v) is 3.25. The van der Waals surface area contributed by atoms with Crippen molar-refractivity contribution in [3.05, 3.63) is 62.4 Å². The second-order valence-electron chi connectivity index (χ2n) is 3.57. The molecular weight excluding hydrogens is 368 g/mol. The van der Waals surface area contributed by atoms with Crippen LogP contribution in [0.25, 0.3) is 0 Å². The molecule has 0 aliphatic heterocycles. The highest BCUT2D eigenvalue weighted by atomic mass is 127. The molecule has 0 fully saturated rings. The number of amides is 1. The van der Waals surface area contributed by atoms with Crippen LogP contribution in [0.1, 0.15) is 10.4 Å². The average Bonchev–Trinajstić information content (AvgIpc) is 2.35. The van der Waals surface area contributed by atoms with Gasteiger partial charge in [0, 0.05) is 9.13 Å². The zero-order chi connectivity index (χ0) is 13.1. The second-order valence-corrected chi connectivity index (χ2v) is 5.22. The Morgan fingerprint density at radius 3 is 2.67 bits per heavy atom. The highest BCUT2D eigenvalue weighted by Crippen LogP contribution is 2.22. The molecule has 2 aromatic carbocycles. The number of hydrogen-bond acceptors (Lipinski definition) is 1. The quantitative estimate of drug-likeness (QED) is 0.778. The minimum Gasteiger partial charge on any atom is -0.319 e. The largest absolute Gasteiger partial charge is 0.319 e. The fourth-order valence-corrected chi connectivity index (χ4v) is 2.14. The fourth-order valence-electron chi connectivity index (χ4n) is 1.42. The van der Waals surface area contributed by atoms with Crippen molar-refractivity contribution in [2.75, 3.05) is 5.32 Å². The summed E-state index contributed by atoms with van der Waals surface area (Å²) < 4.78 is 14.5. The van der Waals surface area contributed by atoms with Crippen molar-refractivity contribution in [2.24, 2.45) is 0 Å². The first-order chi connectivity index (χ1) is 8.58. The van der Waals surface area contributed by atoms with Crippen molar-refractivity contribution >= 4 is 45.8 Å². The van der Waals surface area contributed by atoms with Crippen LogP contribution in [0.3, 0.4) is 0 Å². The Morgan fingerprint density at radius 1 is 1.22 bits per heavy atom. The second kappa shape index (κ2) is 5.67. The molecular formula is C13H8ClFINO. The van der Waals surface area contributed by atoms with E-state index in [1.165, 1.54) is 12.1 Å². The molecule has 1 N–H and O–H groups in total. The lowest BCUT2D eigenvalue weighted by molar-refractivity contribution is 0.102. The van der Waals surface area contributed by atoms with E-state index in [2.05, 4.69) is 27.9 Å². The van der Waals surface area contributed by atoms with E-state index in [4.69, 9.17) is 11.6 Å². The Labute approximate surface area is 122 Å². The van der Waals surface area contributed by atoms with Crippen LogP contribution >= 0.6 is 34.2 Å². The van der Waals surface area contributed by atoms with E-state index in [0.717, 1.165) is 3.57 Å². The van der Waals surface area contributed by atoms with Crippen LogP contribution in [0.15, 0.2) is 42.5 Å². The molecule has 2 aromatic rings. The van der Waals surface area contributed by atoms with Crippen LogP contribution in [0.5, 0.6) is 0 Å². The predicted octanol–water partition coefficient (Wildman–Crippen LogP) is 4.34. The number of anilines is 1. The molecule has 0 aromatic heterocycles.